The molecule has 0 radical (unpaired) electrons. The number of nitrogens with zero attached hydrogens (tertiary/aromatic N) is 1. The van der Waals surface area contributed by atoms with Gasteiger partial charge < -0.3 is 14.8 Å². The number of aryl methyl sites for hydroxylation is 1. The largest absolute Gasteiger partial charge is 0.478 e. The van der Waals surface area contributed by atoms with E-state index in [1.165, 1.54) is 12.1 Å². The summed E-state index contributed by atoms with van der Waals surface area (Å²) in [7, 11) is 0. The van der Waals surface area contributed by atoms with Crippen molar-refractivity contribution >= 4 is 11.9 Å². The molecule has 1 amide bonds. The van der Waals surface area contributed by atoms with E-state index in [-0.39, 0.29) is 17.2 Å². The summed E-state index contributed by atoms with van der Waals surface area (Å²) in [5, 5.41) is 11.6. The number of oxazole rings is 1. The highest BCUT2D eigenvalue weighted by Gasteiger charge is 2.30. The minimum atomic E-state index is -0.972. The average molecular weight is 300 g/mol. The molecule has 1 aromatic carbocycles. The maximum absolute atomic E-state index is 12.1. The molecule has 0 bridgehead atoms. The Morgan fingerprint density at radius 2 is 2.00 bits per heavy atom. The number of carboxylic acids is 1. The first kappa shape index (κ1) is 14.3. The molecule has 0 atom stereocenters. The summed E-state index contributed by atoms with van der Waals surface area (Å²) in [6.45, 7) is 2.06. The zero-order valence-electron chi connectivity index (χ0n) is 12.1. The first-order valence-corrected chi connectivity index (χ1v) is 7.12. The van der Waals surface area contributed by atoms with Gasteiger partial charge in [-0.3, -0.25) is 4.79 Å². The van der Waals surface area contributed by atoms with Crippen molar-refractivity contribution in [2.75, 3.05) is 0 Å². The maximum Gasteiger partial charge on any atom is 0.335 e. The molecule has 0 unspecified atom stereocenters. The van der Waals surface area contributed by atoms with Crippen molar-refractivity contribution in [1.29, 1.82) is 0 Å². The van der Waals surface area contributed by atoms with Gasteiger partial charge in [0, 0.05) is 12.5 Å². The van der Waals surface area contributed by atoms with Crippen molar-refractivity contribution in [2.24, 2.45) is 0 Å². The highest BCUT2D eigenvalue weighted by Crippen LogP contribution is 2.40. The number of amides is 1. The van der Waals surface area contributed by atoms with Gasteiger partial charge in [-0.05, 0) is 37.5 Å². The molecular weight excluding hydrogens is 284 g/mol. The van der Waals surface area contributed by atoms with Crippen LogP contribution >= 0.6 is 0 Å². The second-order valence-corrected chi connectivity index (χ2v) is 5.43. The van der Waals surface area contributed by atoms with Gasteiger partial charge in [0.2, 0.25) is 5.76 Å². The van der Waals surface area contributed by atoms with E-state index in [4.69, 9.17) is 9.52 Å². The lowest BCUT2D eigenvalue weighted by atomic mass is 10.1. The fraction of sp³-hybridized carbons (Fsp3) is 0.312. The van der Waals surface area contributed by atoms with Gasteiger partial charge in [-0.25, -0.2) is 9.78 Å². The van der Waals surface area contributed by atoms with Gasteiger partial charge >= 0.3 is 5.97 Å². The molecule has 1 saturated carbocycles. The number of carboxylic acid groups (broad SMARTS) is 1. The van der Waals surface area contributed by atoms with Crippen LogP contribution in [0, 0.1) is 6.92 Å². The highest BCUT2D eigenvalue weighted by atomic mass is 16.4. The van der Waals surface area contributed by atoms with Crippen LogP contribution in [0.4, 0.5) is 0 Å². The van der Waals surface area contributed by atoms with Crippen LogP contribution in [0.25, 0.3) is 0 Å². The molecule has 3 rings (SSSR count). The summed E-state index contributed by atoms with van der Waals surface area (Å²) in [6, 6.07) is 6.36. The molecule has 1 aliphatic rings. The van der Waals surface area contributed by atoms with E-state index in [2.05, 4.69) is 10.3 Å². The Kier molecular flexibility index (Phi) is 3.66. The van der Waals surface area contributed by atoms with Crippen LogP contribution in [0.3, 0.4) is 0 Å². The summed E-state index contributed by atoms with van der Waals surface area (Å²) in [5.74, 6) is -0.0129. The van der Waals surface area contributed by atoms with Crippen LogP contribution in [-0.2, 0) is 6.54 Å². The lowest BCUT2D eigenvalue weighted by Gasteiger charge is -2.04. The molecular formula is C16H16N2O4. The van der Waals surface area contributed by atoms with Crippen molar-refractivity contribution in [2.45, 2.75) is 32.2 Å². The number of nitrogens with one attached hydrogen (secondary N) is 1. The van der Waals surface area contributed by atoms with Crippen LogP contribution in [0.15, 0.2) is 28.7 Å². The number of rotatable bonds is 5. The fourth-order valence-corrected chi connectivity index (χ4v) is 2.16. The molecule has 22 heavy (non-hydrogen) atoms. The fourth-order valence-electron chi connectivity index (χ4n) is 2.16. The van der Waals surface area contributed by atoms with Gasteiger partial charge in [-0.1, -0.05) is 12.1 Å². The Hall–Kier alpha value is -2.63. The van der Waals surface area contributed by atoms with E-state index in [1.807, 2.05) is 0 Å². The maximum atomic E-state index is 12.1. The summed E-state index contributed by atoms with van der Waals surface area (Å²) in [4.78, 5) is 27.2. The van der Waals surface area contributed by atoms with E-state index in [0.29, 0.717) is 24.0 Å². The van der Waals surface area contributed by atoms with Crippen molar-refractivity contribution in [3.8, 4) is 0 Å². The molecule has 0 aliphatic heterocycles. The van der Waals surface area contributed by atoms with E-state index in [1.54, 1.807) is 19.1 Å². The van der Waals surface area contributed by atoms with Gasteiger partial charge in [0.05, 0.1) is 11.3 Å². The molecule has 0 spiro atoms. The van der Waals surface area contributed by atoms with E-state index < -0.39 is 5.97 Å². The molecule has 1 aromatic heterocycles. The number of carbonyl (C=O) groups excluding carboxylic acids is 1. The lowest BCUT2D eigenvalue weighted by Crippen LogP contribution is -2.23. The van der Waals surface area contributed by atoms with Crippen molar-refractivity contribution in [3.63, 3.8) is 0 Å². The van der Waals surface area contributed by atoms with Gasteiger partial charge in [0.15, 0.2) is 5.89 Å². The average Bonchev–Trinajstić information content (AvgIpc) is 3.28. The number of hydrogen-bond donors (Lipinski definition) is 2. The Balaban J connectivity index is 1.63. The zero-order chi connectivity index (χ0) is 15.7. The standard InChI is InChI=1S/C16H16N2O4/c1-9-13(22-15(18-9)11-6-7-11)14(19)17-8-10-2-4-12(5-3-10)16(20)21/h2-5,11H,6-8H2,1H3,(H,17,19)(H,20,21). The molecule has 1 fully saturated rings. The third-order valence-electron chi connectivity index (χ3n) is 3.60. The van der Waals surface area contributed by atoms with Crippen molar-refractivity contribution < 1.29 is 19.1 Å². The summed E-state index contributed by atoms with van der Waals surface area (Å²) >= 11 is 0. The third-order valence-corrected chi connectivity index (χ3v) is 3.60. The zero-order valence-corrected chi connectivity index (χ0v) is 12.1. The first-order chi connectivity index (χ1) is 10.5. The van der Waals surface area contributed by atoms with E-state index in [0.717, 1.165) is 18.4 Å². The second-order valence-electron chi connectivity index (χ2n) is 5.43. The summed E-state index contributed by atoms with van der Waals surface area (Å²) in [5.41, 5.74) is 1.63. The van der Waals surface area contributed by atoms with Crippen LogP contribution in [0.1, 0.15) is 56.8 Å². The number of aromatic nitrogens is 1. The SMILES string of the molecule is Cc1nc(C2CC2)oc1C(=O)NCc1ccc(C(=O)O)cc1. The molecule has 2 N–H and O–H groups in total. The molecule has 0 saturated heterocycles. The predicted octanol–water partition coefficient (Wildman–Crippen LogP) is 2.49. The Morgan fingerprint density at radius 3 is 2.59 bits per heavy atom. The van der Waals surface area contributed by atoms with Gasteiger partial charge in [0.25, 0.3) is 5.91 Å². The molecule has 2 aromatic rings. The normalized spacial score (nSPS) is 13.9. The summed E-state index contributed by atoms with van der Waals surface area (Å²) in [6.07, 6.45) is 2.13. The second kappa shape index (κ2) is 5.63. The topological polar surface area (TPSA) is 92.4 Å². The number of hydrogen-bond acceptors (Lipinski definition) is 4. The van der Waals surface area contributed by atoms with Crippen molar-refractivity contribution in [3.05, 3.63) is 52.7 Å². The minimum absolute atomic E-state index is 0.218. The minimum Gasteiger partial charge on any atom is -0.478 e. The lowest BCUT2D eigenvalue weighted by molar-refractivity contribution is 0.0696. The number of aromatic carboxylic acids is 1. The van der Waals surface area contributed by atoms with Crippen LogP contribution < -0.4 is 5.32 Å². The number of carbonyl (C=O) groups is 2. The molecule has 1 aliphatic carbocycles. The Morgan fingerprint density at radius 1 is 1.32 bits per heavy atom. The Bertz CT molecular complexity index is 714. The van der Waals surface area contributed by atoms with Gasteiger partial charge in [-0.2, -0.15) is 0 Å². The molecule has 6 heteroatoms. The van der Waals surface area contributed by atoms with Crippen LogP contribution in [-0.4, -0.2) is 22.0 Å². The third kappa shape index (κ3) is 3.00. The molecule has 6 nitrogen and oxygen atoms in total. The van der Waals surface area contributed by atoms with Gasteiger partial charge in [0.1, 0.15) is 0 Å². The first-order valence-electron chi connectivity index (χ1n) is 7.12. The molecule has 1 heterocycles. The predicted molar refractivity (Wildman–Crippen MR) is 77.8 cm³/mol. The highest BCUT2D eigenvalue weighted by molar-refractivity contribution is 5.92. The smallest absolute Gasteiger partial charge is 0.335 e. The van der Waals surface area contributed by atoms with Crippen molar-refractivity contribution in [1.82, 2.24) is 10.3 Å². The molecule has 114 valence electrons. The number of benzene rings is 1. The van der Waals surface area contributed by atoms with E-state index in [9.17, 15) is 9.59 Å². The Labute approximate surface area is 127 Å². The quantitative estimate of drug-likeness (QED) is 0.885. The van der Waals surface area contributed by atoms with Crippen LogP contribution in [0.5, 0.6) is 0 Å². The van der Waals surface area contributed by atoms with Crippen LogP contribution in [0.2, 0.25) is 0 Å². The van der Waals surface area contributed by atoms with Gasteiger partial charge in [-0.15, -0.1) is 0 Å². The summed E-state index contributed by atoms with van der Waals surface area (Å²) < 4.78 is 5.54. The van der Waals surface area contributed by atoms with E-state index >= 15 is 0 Å². The monoisotopic (exact) mass is 300 g/mol.